The monoisotopic (exact) mass is 292 g/mol. The summed E-state index contributed by atoms with van der Waals surface area (Å²) in [7, 11) is 0. The van der Waals surface area contributed by atoms with Crippen molar-refractivity contribution in [1.82, 2.24) is 4.98 Å². The fourth-order valence-corrected chi connectivity index (χ4v) is 1.67. The third kappa shape index (κ3) is 3.54. The summed E-state index contributed by atoms with van der Waals surface area (Å²) < 4.78 is 0.980. The molecule has 0 fully saturated rings. The number of aliphatic hydroxyl groups is 1. The Bertz CT molecular complexity index is 468. The van der Waals surface area contributed by atoms with Crippen LogP contribution in [-0.4, -0.2) is 10.1 Å². The highest BCUT2D eigenvalue weighted by atomic mass is 79.9. The predicted molar refractivity (Wildman–Crippen MR) is 71.6 cm³/mol. The molecule has 0 aliphatic rings. The minimum absolute atomic E-state index is 0.0779. The van der Waals surface area contributed by atoms with E-state index >= 15 is 0 Å². The van der Waals surface area contributed by atoms with Gasteiger partial charge >= 0.3 is 0 Å². The number of nitrogens with one attached hydrogen (secondary N) is 1. The number of nitrogens with zero attached hydrogens (tertiary/aromatic N) is 1. The van der Waals surface area contributed by atoms with Crippen LogP contribution < -0.4 is 5.32 Å². The molecular formula is C13H13BrN2O. The van der Waals surface area contributed by atoms with Gasteiger partial charge in [0.05, 0.1) is 18.8 Å². The highest BCUT2D eigenvalue weighted by Gasteiger charge is 1.96. The van der Waals surface area contributed by atoms with Gasteiger partial charge in [0.25, 0.3) is 0 Å². The molecule has 0 saturated carbocycles. The minimum atomic E-state index is 0.0779. The lowest BCUT2D eigenvalue weighted by atomic mass is 10.2. The van der Waals surface area contributed by atoms with Gasteiger partial charge in [0.1, 0.15) is 0 Å². The fraction of sp³-hybridized carbons (Fsp3) is 0.154. The van der Waals surface area contributed by atoms with Gasteiger partial charge in [-0.2, -0.15) is 0 Å². The van der Waals surface area contributed by atoms with E-state index in [4.69, 9.17) is 5.11 Å². The van der Waals surface area contributed by atoms with Crippen LogP contribution in [0.2, 0.25) is 0 Å². The number of hydrogen-bond acceptors (Lipinski definition) is 3. The second kappa shape index (κ2) is 5.80. The number of aliphatic hydroxyl groups excluding tert-OH is 1. The van der Waals surface area contributed by atoms with Crippen LogP contribution in [0.15, 0.2) is 47.1 Å². The van der Waals surface area contributed by atoms with Crippen molar-refractivity contribution in [2.75, 3.05) is 5.32 Å². The summed E-state index contributed by atoms with van der Waals surface area (Å²) in [6.07, 6.45) is 1.78. The van der Waals surface area contributed by atoms with Crippen LogP contribution >= 0.6 is 15.9 Å². The first-order chi connectivity index (χ1) is 8.28. The number of anilines is 1. The molecule has 0 amide bonds. The van der Waals surface area contributed by atoms with Gasteiger partial charge in [-0.3, -0.25) is 4.98 Å². The Hall–Kier alpha value is -1.39. The number of hydrogen-bond donors (Lipinski definition) is 2. The second-order valence-electron chi connectivity index (χ2n) is 3.68. The molecule has 0 aliphatic carbocycles. The first kappa shape index (κ1) is 12.1. The van der Waals surface area contributed by atoms with Gasteiger partial charge < -0.3 is 10.4 Å². The fourth-order valence-electron chi connectivity index (χ4n) is 1.43. The van der Waals surface area contributed by atoms with Crippen LogP contribution in [0.4, 0.5) is 5.69 Å². The smallest absolute Gasteiger partial charge is 0.0681 e. The molecule has 1 aromatic carbocycles. The van der Waals surface area contributed by atoms with Crippen molar-refractivity contribution in [3.8, 4) is 0 Å². The van der Waals surface area contributed by atoms with Crippen LogP contribution in [0.1, 0.15) is 11.3 Å². The van der Waals surface area contributed by atoms with Gasteiger partial charge in [0.2, 0.25) is 0 Å². The van der Waals surface area contributed by atoms with E-state index in [0.29, 0.717) is 6.54 Å². The van der Waals surface area contributed by atoms with Crippen molar-refractivity contribution >= 4 is 21.6 Å². The lowest BCUT2D eigenvalue weighted by Crippen LogP contribution is -2.01. The van der Waals surface area contributed by atoms with Crippen LogP contribution in [-0.2, 0) is 13.2 Å². The molecule has 0 unspecified atom stereocenters. The molecule has 17 heavy (non-hydrogen) atoms. The molecule has 0 radical (unpaired) electrons. The lowest BCUT2D eigenvalue weighted by Gasteiger charge is -2.06. The molecule has 0 bridgehead atoms. The van der Waals surface area contributed by atoms with Crippen LogP contribution in [0.3, 0.4) is 0 Å². The first-order valence-corrected chi connectivity index (χ1v) is 6.11. The molecule has 3 nitrogen and oxygen atoms in total. The van der Waals surface area contributed by atoms with E-state index in [-0.39, 0.29) is 6.61 Å². The zero-order valence-corrected chi connectivity index (χ0v) is 10.8. The van der Waals surface area contributed by atoms with Crippen molar-refractivity contribution < 1.29 is 5.11 Å². The Morgan fingerprint density at radius 2 is 1.88 bits per heavy atom. The largest absolute Gasteiger partial charge is 0.392 e. The number of aromatic nitrogens is 1. The maximum atomic E-state index is 8.93. The molecular weight excluding hydrogens is 280 g/mol. The van der Waals surface area contributed by atoms with Gasteiger partial charge in [-0.1, -0.05) is 12.1 Å². The first-order valence-electron chi connectivity index (χ1n) is 5.32. The van der Waals surface area contributed by atoms with E-state index < -0.39 is 0 Å². The Morgan fingerprint density at radius 1 is 1.12 bits per heavy atom. The van der Waals surface area contributed by atoms with E-state index in [1.807, 2.05) is 36.4 Å². The van der Waals surface area contributed by atoms with E-state index in [1.54, 1.807) is 6.20 Å². The average Bonchev–Trinajstić information content (AvgIpc) is 2.39. The van der Waals surface area contributed by atoms with Crippen LogP contribution in [0.25, 0.3) is 0 Å². The molecule has 2 rings (SSSR count). The molecule has 2 aromatic rings. The normalized spacial score (nSPS) is 10.2. The Morgan fingerprint density at radius 3 is 2.47 bits per heavy atom. The summed E-state index contributed by atoms with van der Waals surface area (Å²) in [6.45, 7) is 0.764. The van der Waals surface area contributed by atoms with Gasteiger partial charge in [-0.25, -0.2) is 0 Å². The molecule has 2 N–H and O–H groups in total. The third-order valence-electron chi connectivity index (χ3n) is 2.40. The van der Waals surface area contributed by atoms with E-state index in [9.17, 15) is 0 Å². The zero-order valence-electron chi connectivity index (χ0n) is 9.23. The zero-order chi connectivity index (χ0) is 12.1. The SMILES string of the molecule is OCc1ccc(NCc2ccc(Br)cn2)cc1. The van der Waals surface area contributed by atoms with Gasteiger partial charge in [-0.05, 0) is 45.8 Å². The van der Waals surface area contributed by atoms with Crippen LogP contribution in [0.5, 0.6) is 0 Å². The summed E-state index contributed by atoms with van der Waals surface area (Å²) in [5.74, 6) is 0. The molecule has 1 aromatic heterocycles. The summed E-state index contributed by atoms with van der Waals surface area (Å²) in [5, 5.41) is 12.2. The van der Waals surface area contributed by atoms with Crippen LogP contribution in [0, 0.1) is 0 Å². The standard InChI is InChI=1S/C13H13BrN2O/c14-11-3-6-13(15-7-11)8-16-12-4-1-10(9-17)2-5-12/h1-7,16-17H,8-9H2. The molecule has 88 valence electrons. The van der Waals surface area contributed by atoms with Gasteiger partial charge in [-0.15, -0.1) is 0 Å². The number of halogens is 1. The van der Waals surface area contributed by atoms with E-state index in [1.165, 1.54) is 0 Å². The van der Waals surface area contributed by atoms with E-state index in [0.717, 1.165) is 21.4 Å². The molecule has 0 spiro atoms. The Labute approximate surface area is 109 Å². The maximum absolute atomic E-state index is 8.93. The van der Waals surface area contributed by atoms with Crippen molar-refractivity contribution in [3.63, 3.8) is 0 Å². The maximum Gasteiger partial charge on any atom is 0.0681 e. The van der Waals surface area contributed by atoms with Gasteiger partial charge in [0.15, 0.2) is 0 Å². The quantitative estimate of drug-likeness (QED) is 0.911. The third-order valence-corrected chi connectivity index (χ3v) is 2.87. The molecule has 0 atom stereocenters. The minimum Gasteiger partial charge on any atom is -0.392 e. The topological polar surface area (TPSA) is 45.1 Å². The number of rotatable bonds is 4. The highest BCUT2D eigenvalue weighted by Crippen LogP contribution is 2.12. The predicted octanol–water partition coefficient (Wildman–Crippen LogP) is 2.95. The van der Waals surface area contributed by atoms with Crippen molar-refractivity contribution in [2.24, 2.45) is 0 Å². The highest BCUT2D eigenvalue weighted by molar-refractivity contribution is 9.10. The second-order valence-corrected chi connectivity index (χ2v) is 4.59. The van der Waals surface area contributed by atoms with Crippen molar-refractivity contribution in [1.29, 1.82) is 0 Å². The summed E-state index contributed by atoms with van der Waals surface area (Å²) in [4.78, 5) is 4.28. The molecule has 4 heteroatoms. The average molecular weight is 293 g/mol. The molecule has 1 heterocycles. The Kier molecular flexibility index (Phi) is 4.12. The summed E-state index contributed by atoms with van der Waals surface area (Å²) >= 11 is 3.35. The number of benzene rings is 1. The molecule has 0 aliphatic heterocycles. The molecule has 0 saturated heterocycles. The van der Waals surface area contributed by atoms with Crippen molar-refractivity contribution in [2.45, 2.75) is 13.2 Å². The summed E-state index contributed by atoms with van der Waals surface area (Å²) in [5.41, 5.74) is 2.92. The van der Waals surface area contributed by atoms with E-state index in [2.05, 4.69) is 26.2 Å². The summed E-state index contributed by atoms with van der Waals surface area (Å²) in [6, 6.07) is 11.6. The lowest BCUT2D eigenvalue weighted by molar-refractivity contribution is 0.282. The van der Waals surface area contributed by atoms with Gasteiger partial charge in [0, 0.05) is 16.4 Å². The number of pyridine rings is 1. The van der Waals surface area contributed by atoms with Crippen molar-refractivity contribution in [3.05, 3.63) is 58.3 Å². The Balaban J connectivity index is 1.95.